The molecule has 7 nitrogen and oxygen atoms in total. The summed E-state index contributed by atoms with van der Waals surface area (Å²) in [6.07, 6.45) is 5.09. The maximum atomic E-state index is 12.4. The molecule has 0 bridgehead atoms. The molecule has 0 aliphatic heterocycles. The Morgan fingerprint density at radius 1 is 1.43 bits per heavy atom. The fraction of sp³-hybridized carbons (Fsp3) is 0.250. The molecule has 0 saturated heterocycles. The molecule has 0 radical (unpaired) electrons. The molecule has 0 aliphatic carbocycles. The van der Waals surface area contributed by atoms with Crippen LogP contribution in [0.25, 0.3) is 35.2 Å². The van der Waals surface area contributed by atoms with Gasteiger partial charge in [-0.3, -0.25) is 14.9 Å². The number of carbonyl (C=O) groups is 1. The van der Waals surface area contributed by atoms with Gasteiger partial charge >= 0.3 is 0 Å². The number of hydrogen-bond acceptors (Lipinski definition) is 4. The van der Waals surface area contributed by atoms with Crippen LogP contribution in [0.15, 0.2) is 12.4 Å². The third-order valence-corrected chi connectivity index (χ3v) is 3.86. The first kappa shape index (κ1) is 15.0. The van der Waals surface area contributed by atoms with Gasteiger partial charge in [0.1, 0.15) is 11.2 Å². The summed E-state index contributed by atoms with van der Waals surface area (Å²) in [5, 5.41) is 8.77. The lowest BCUT2D eigenvalue weighted by Gasteiger charge is -2.13. The van der Waals surface area contributed by atoms with Crippen LogP contribution in [0, 0.1) is 0 Å². The van der Waals surface area contributed by atoms with Crippen molar-refractivity contribution < 1.29 is 4.79 Å². The molecule has 0 saturated carbocycles. The van der Waals surface area contributed by atoms with Gasteiger partial charge in [0.05, 0.1) is 22.6 Å². The third kappa shape index (κ3) is 2.40. The number of nitrogens with one attached hydrogen (secondary N) is 2. The molecule has 7 heteroatoms. The van der Waals surface area contributed by atoms with Gasteiger partial charge in [0.2, 0.25) is 0 Å². The number of fused-ring (bicyclic) bond motifs is 1. The van der Waals surface area contributed by atoms with E-state index in [1.807, 2.05) is 19.9 Å². The average molecular weight is 310 g/mol. The molecule has 0 atom stereocenters. The van der Waals surface area contributed by atoms with Crippen LogP contribution in [-0.2, 0) is 0 Å². The zero-order chi connectivity index (χ0) is 16.6. The Bertz CT molecular complexity index is 984. The van der Waals surface area contributed by atoms with Crippen LogP contribution in [0.3, 0.4) is 0 Å². The van der Waals surface area contributed by atoms with E-state index < -0.39 is 0 Å². The van der Waals surface area contributed by atoms with E-state index in [1.54, 1.807) is 24.3 Å². The van der Waals surface area contributed by atoms with E-state index in [0.717, 1.165) is 10.6 Å². The van der Waals surface area contributed by atoms with Crippen LogP contribution in [0.2, 0.25) is 0 Å². The molecule has 0 unspecified atom stereocenters. The molecule has 1 amide bonds. The predicted octanol–water partition coefficient (Wildman–Crippen LogP) is 0.651. The Hall–Kier alpha value is -2.96. The lowest BCUT2D eigenvalue weighted by molar-refractivity contribution is 0.0804. The zero-order valence-corrected chi connectivity index (χ0v) is 13.3. The van der Waals surface area contributed by atoms with E-state index in [9.17, 15) is 4.79 Å². The van der Waals surface area contributed by atoms with E-state index in [1.165, 1.54) is 0 Å². The zero-order valence-electron chi connectivity index (χ0n) is 13.3. The third-order valence-electron chi connectivity index (χ3n) is 3.86. The Labute approximate surface area is 132 Å². The Morgan fingerprint density at radius 3 is 2.87 bits per heavy atom. The van der Waals surface area contributed by atoms with Crippen molar-refractivity contribution in [3.63, 3.8) is 0 Å². The molecule has 0 aliphatic rings. The smallest absolute Gasteiger partial charge is 0.257 e. The highest BCUT2D eigenvalue weighted by Gasteiger charge is 2.18. The standard InChI is InChI=1S/C16H18N6O/c1-5-11-9(3)13(21-20-11)15-18-12-8-17-7-10(14(12)19-15)16(23)22(4)6-2/h5,7-8,20H,3,6H2,1-2,4H3,(H,18,19). The molecule has 0 fully saturated rings. The fourth-order valence-electron chi connectivity index (χ4n) is 2.36. The van der Waals surface area contributed by atoms with Crippen LogP contribution in [0.1, 0.15) is 24.2 Å². The normalized spacial score (nSPS) is 12.0. The molecule has 23 heavy (non-hydrogen) atoms. The molecular weight excluding hydrogens is 292 g/mol. The fourth-order valence-corrected chi connectivity index (χ4v) is 2.36. The molecular formula is C16H18N6O. The second-order valence-corrected chi connectivity index (χ2v) is 5.24. The number of amides is 1. The van der Waals surface area contributed by atoms with Crippen molar-refractivity contribution in [1.82, 2.24) is 30.0 Å². The van der Waals surface area contributed by atoms with E-state index in [0.29, 0.717) is 34.7 Å². The van der Waals surface area contributed by atoms with E-state index in [2.05, 4.69) is 31.7 Å². The van der Waals surface area contributed by atoms with Gasteiger partial charge in [0.25, 0.3) is 5.91 Å². The number of pyridine rings is 1. The minimum Gasteiger partial charge on any atom is -0.342 e. The number of nitrogens with zero attached hydrogens (tertiary/aromatic N) is 4. The topological polar surface area (TPSA) is 90.6 Å². The van der Waals surface area contributed by atoms with Gasteiger partial charge in [-0.1, -0.05) is 12.7 Å². The first-order chi connectivity index (χ1) is 11.1. The second-order valence-electron chi connectivity index (χ2n) is 5.24. The lowest BCUT2D eigenvalue weighted by Crippen LogP contribution is -2.26. The summed E-state index contributed by atoms with van der Waals surface area (Å²) < 4.78 is 0. The number of aromatic nitrogens is 5. The van der Waals surface area contributed by atoms with E-state index >= 15 is 0 Å². The van der Waals surface area contributed by atoms with Gasteiger partial charge in [-0.25, -0.2) is 4.98 Å². The SMILES string of the molecule is C=c1c(-c2nc3c(C(=O)N(C)CC)cncc3[nH]2)n[nH]c1=CC. The predicted molar refractivity (Wildman–Crippen MR) is 89.0 cm³/mol. The maximum Gasteiger partial charge on any atom is 0.257 e. The molecule has 3 aromatic heterocycles. The Balaban J connectivity index is 2.18. The number of imidazole rings is 1. The first-order valence-electron chi connectivity index (χ1n) is 7.36. The van der Waals surface area contributed by atoms with Crippen molar-refractivity contribution in [2.45, 2.75) is 13.8 Å². The minimum atomic E-state index is -0.108. The summed E-state index contributed by atoms with van der Waals surface area (Å²) >= 11 is 0. The molecule has 0 spiro atoms. The second kappa shape index (κ2) is 5.68. The number of carbonyl (C=O) groups excluding carboxylic acids is 1. The molecule has 118 valence electrons. The Morgan fingerprint density at radius 2 is 2.22 bits per heavy atom. The quantitative estimate of drug-likeness (QED) is 0.743. The summed E-state index contributed by atoms with van der Waals surface area (Å²) in [5.41, 5.74) is 2.39. The van der Waals surface area contributed by atoms with E-state index in [4.69, 9.17) is 0 Å². The van der Waals surface area contributed by atoms with Gasteiger partial charge in [-0.2, -0.15) is 5.10 Å². The number of hydrogen-bond donors (Lipinski definition) is 2. The van der Waals surface area contributed by atoms with Crippen molar-refractivity contribution in [2.75, 3.05) is 13.6 Å². The first-order valence-corrected chi connectivity index (χ1v) is 7.36. The maximum absolute atomic E-state index is 12.4. The summed E-state index contributed by atoms with van der Waals surface area (Å²) in [6, 6.07) is 0. The van der Waals surface area contributed by atoms with Gasteiger partial charge in [-0.05, 0) is 13.8 Å². The van der Waals surface area contributed by atoms with Crippen molar-refractivity contribution in [2.24, 2.45) is 0 Å². The molecule has 0 aromatic carbocycles. The van der Waals surface area contributed by atoms with Crippen LogP contribution in [-0.4, -0.2) is 49.5 Å². The van der Waals surface area contributed by atoms with Crippen molar-refractivity contribution in [3.8, 4) is 11.5 Å². The molecule has 3 rings (SSSR count). The average Bonchev–Trinajstić information content (AvgIpc) is 3.15. The summed E-state index contributed by atoms with van der Waals surface area (Å²) in [5.74, 6) is 0.457. The van der Waals surface area contributed by atoms with Crippen LogP contribution < -0.4 is 10.6 Å². The summed E-state index contributed by atoms with van der Waals surface area (Å²) in [4.78, 5) is 25.9. The summed E-state index contributed by atoms with van der Waals surface area (Å²) in [7, 11) is 1.75. The van der Waals surface area contributed by atoms with Gasteiger partial charge in [-0.15, -0.1) is 0 Å². The van der Waals surface area contributed by atoms with Crippen molar-refractivity contribution >= 4 is 29.6 Å². The van der Waals surface area contributed by atoms with Crippen LogP contribution >= 0.6 is 0 Å². The monoisotopic (exact) mass is 310 g/mol. The number of aromatic amines is 2. The summed E-state index contributed by atoms with van der Waals surface area (Å²) in [6.45, 7) is 8.46. The van der Waals surface area contributed by atoms with Crippen LogP contribution in [0.5, 0.6) is 0 Å². The largest absolute Gasteiger partial charge is 0.342 e. The number of H-pyrrole nitrogens is 2. The lowest BCUT2D eigenvalue weighted by atomic mass is 10.2. The highest BCUT2D eigenvalue weighted by Crippen LogP contribution is 2.19. The van der Waals surface area contributed by atoms with Crippen LogP contribution in [0.4, 0.5) is 0 Å². The van der Waals surface area contributed by atoms with Crippen molar-refractivity contribution in [1.29, 1.82) is 0 Å². The molecule has 2 N–H and O–H groups in total. The molecule has 3 heterocycles. The van der Waals surface area contributed by atoms with Crippen molar-refractivity contribution in [3.05, 3.63) is 28.5 Å². The number of rotatable bonds is 3. The highest BCUT2D eigenvalue weighted by atomic mass is 16.2. The van der Waals surface area contributed by atoms with Gasteiger partial charge in [0, 0.05) is 25.0 Å². The van der Waals surface area contributed by atoms with Gasteiger partial charge in [0.15, 0.2) is 5.82 Å². The van der Waals surface area contributed by atoms with Gasteiger partial charge < -0.3 is 9.88 Å². The molecule has 3 aromatic rings. The Kier molecular flexibility index (Phi) is 3.69. The highest BCUT2D eigenvalue weighted by molar-refractivity contribution is 6.04. The van der Waals surface area contributed by atoms with E-state index in [-0.39, 0.29) is 5.91 Å². The minimum absolute atomic E-state index is 0.108.